The molecule has 2 aromatic carbocycles. The van der Waals surface area contributed by atoms with Crippen LogP contribution in [0.25, 0.3) is 34.3 Å². The van der Waals surface area contributed by atoms with Crippen molar-refractivity contribution in [1.82, 2.24) is 20.2 Å². The lowest BCUT2D eigenvalue weighted by atomic mass is 10.1. The van der Waals surface area contributed by atoms with E-state index in [2.05, 4.69) is 40.1 Å². The first kappa shape index (κ1) is 19.6. The molecular weight excluding hydrogens is 396 g/mol. The number of hydrogen-bond acceptors (Lipinski definition) is 8. The third-order valence-corrected chi connectivity index (χ3v) is 5.21. The van der Waals surface area contributed by atoms with Gasteiger partial charge in [0.2, 0.25) is 5.89 Å². The minimum absolute atomic E-state index is 0.172. The first-order valence-corrected chi connectivity index (χ1v) is 10.2. The van der Waals surface area contributed by atoms with Crippen molar-refractivity contribution in [2.24, 2.45) is 0 Å². The summed E-state index contributed by atoms with van der Waals surface area (Å²) in [6.07, 6.45) is 1.54. The van der Waals surface area contributed by atoms with E-state index in [0.29, 0.717) is 28.0 Å². The minimum Gasteiger partial charge on any atom is -0.414 e. The summed E-state index contributed by atoms with van der Waals surface area (Å²) in [6, 6.07) is 17.4. The number of anilines is 1. The predicted molar refractivity (Wildman–Crippen MR) is 116 cm³/mol. The van der Waals surface area contributed by atoms with Crippen LogP contribution >= 0.6 is 11.8 Å². The molecule has 2 heterocycles. The fourth-order valence-corrected chi connectivity index (χ4v) is 3.76. The molecule has 0 bridgehead atoms. The molecule has 30 heavy (non-hydrogen) atoms. The number of benzene rings is 2. The first-order valence-electron chi connectivity index (χ1n) is 9.28. The average molecular weight is 414 g/mol. The van der Waals surface area contributed by atoms with Crippen molar-refractivity contribution in [3.05, 3.63) is 60.3 Å². The van der Waals surface area contributed by atoms with Crippen molar-refractivity contribution in [2.45, 2.75) is 24.0 Å². The van der Waals surface area contributed by atoms with E-state index < -0.39 is 0 Å². The van der Waals surface area contributed by atoms with E-state index in [-0.39, 0.29) is 17.4 Å². The maximum atomic E-state index is 9.64. The summed E-state index contributed by atoms with van der Waals surface area (Å²) in [5.74, 6) is 0.712. The van der Waals surface area contributed by atoms with E-state index in [9.17, 15) is 5.26 Å². The number of rotatable bonds is 5. The lowest BCUT2D eigenvalue weighted by Gasteiger charge is -2.09. The Bertz CT molecular complexity index is 1230. The van der Waals surface area contributed by atoms with Crippen molar-refractivity contribution in [2.75, 3.05) is 5.73 Å². The van der Waals surface area contributed by atoms with E-state index >= 15 is 0 Å². The summed E-state index contributed by atoms with van der Waals surface area (Å²) in [5, 5.41) is 18.2. The summed E-state index contributed by atoms with van der Waals surface area (Å²) >= 11 is 1.69. The Hall–Kier alpha value is -3.70. The van der Waals surface area contributed by atoms with Gasteiger partial charge in [0.1, 0.15) is 0 Å². The maximum Gasteiger partial charge on any atom is 0.270 e. The monoisotopic (exact) mass is 414 g/mol. The molecule has 0 unspecified atom stereocenters. The van der Waals surface area contributed by atoms with Crippen LogP contribution < -0.4 is 5.73 Å². The highest BCUT2D eigenvalue weighted by Crippen LogP contribution is 2.31. The summed E-state index contributed by atoms with van der Waals surface area (Å²) in [7, 11) is 0. The molecule has 0 aliphatic carbocycles. The quantitative estimate of drug-likeness (QED) is 0.462. The van der Waals surface area contributed by atoms with Crippen LogP contribution in [0.3, 0.4) is 0 Å². The number of thioether (sulfide) groups is 1. The zero-order chi connectivity index (χ0) is 21.1. The molecule has 8 heteroatoms. The van der Waals surface area contributed by atoms with Crippen molar-refractivity contribution >= 4 is 17.6 Å². The van der Waals surface area contributed by atoms with E-state index in [1.807, 2.05) is 48.5 Å². The highest BCUT2D eigenvalue weighted by atomic mass is 32.2. The SMILES string of the molecule is CC(C)Sc1ccc(-c2cnc(N)c(-c3nnc(-c4ccccc4)o3)n2)c(C#N)c1. The largest absolute Gasteiger partial charge is 0.414 e. The van der Waals surface area contributed by atoms with Gasteiger partial charge >= 0.3 is 0 Å². The highest BCUT2D eigenvalue weighted by molar-refractivity contribution is 7.99. The molecule has 0 radical (unpaired) electrons. The third-order valence-electron chi connectivity index (χ3n) is 4.21. The van der Waals surface area contributed by atoms with E-state index in [1.54, 1.807) is 18.0 Å². The molecule has 0 saturated heterocycles. The van der Waals surface area contributed by atoms with Gasteiger partial charge < -0.3 is 10.2 Å². The van der Waals surface area contributed by atoms with Gasteiger partial charge in [-0.1, -0.05) is 38.1 Å². The second-order valence-corrected chi connectivity index (χ2v) is 8.40. The molecular formula is C22H18N6OS. The Morgan fingerprint density at radius 2 is 1.83 bits per heavy atom. The topological polar surface area (TPSA) is 115 Å². The van der Waals surface area contributed by atoms with Crippen LogP contribution in [0.1, 0.15) is 19.4 Å². The van der Waals surface area contributed by atoms with Gasteiger partial charge in [0.05, 0.1) is 23.5 Å². The van der Waals surface area contributed by atoms with Gasteiger partial charge in [-0.3, -0.25) is 0 Å². The molecule has 0 atom stereocenters. The Morgan fingerprint density at radius 3 is 2.57 bits per heavy atom. The molecule has 0 spiro atoms. The van der Waals surface area contributed by atoms with Gasteiger partial charge in [0.15, 0.2) is 11.5 Å². The molecule has 0 aliphatic heterocycles. The summed E-state index contributed by atoms with van der Waals surface area (Å²) in [4.78, 5) is 9.84. The molecule has 4 rings (SSSR count). The van der Waals surface area contributed by atoms with E-state index in [0.717, 1.165) is 10.5 Å². The number of nitrogens with two attached hydrogens (primary N) is 1. The molecule has 148 valence electrons. The Labute approximate surface area is 178 Å². The van der Waals surface area contributed by atoms with Crippen LogP contribution in [0.5, 0.6) is 0 Å². The van der Waals surface area contributed by atoms with Crippen LogP contribution in [-0.4, -0.2) is 25.4 Å². The molecule has 0 saturated carbocycles. The van der Waals surface area contributed by atoms with E-state index in [1.165, 1.54) is 0 Å². The zero-order valence-electron chi connectivity index (χ0n) is 16.4. The molecule has 0 aliphatic rings. The second kappa shape index (κ2) is 8.35. The number of nitriles is 1. The second-order valence-electron chi connectivity index (χ2n) is 6.75. The predicted octanol–water partition coefficient (Wildman–Crippen LogP) is 4.81. The standard InChI is InChI=1S/C22H18N6OS/c1-13(2)30-16-8-9-17(15(10-16)11-23)18-12-25-20(24)19(26-18)22-28-27-21(29-22)14-6-4-3-5-7-14/h3-10,12-13H,1-2H3,(H2,24,25). The van der Waals surface area contributed by atoms with Gasteiger partial charge in [-0.15, -0.1) is 22.0 Å². The van der Waals surface area contributed by atoms with Gasteiger partial charge in [0.25, 0.3) is 5.89 Å². The van der Waals surface area contributed by atoms with Crippen LogP contribution in [0.15, 0.2) is 64.0 Å². The summed E-state index contributed by atoms with van der Waals surface area (Å²) in [6.45, 7) is 4.22. The van der Waals surface area contributed by atoms with Crippen molar-refractivity contribution in [1.29, 1.82) is 5.26 Å². The van der Waals surface area contributed by atoms with Crippen LogP contribution in [0.4, 0.5) is 5.82 Å². The molecule has 2 N–H and O–H groups in total. The smallest absolute Gasteiger partial charge is 0.270 e. The Balaban J connectivity index is 1.73. The molecule has 2 aromatic heterocycles. The zero-order valence-corrected chi connectivity index (χ0v) is 17.2. The van der Waals surface area contributed by atoms with E-state index in [4.69, 9.17) is 10.2 Å². The molecule has 0 fully saturated rings. The van der Waals surface area contributed by atoms with Gasteiger partial charge in [-0.2, -0.15) is 5.26 Å². The van der Waals surface area contributed by atoms with Gasteiger partial charge in [0, 0.05) is 21.3 Å². The maximum absolute atomic E-state index is 9.64. The van der Waals surface area contributed by atoms with Crippen molar-refractivity contribution < 1.29 is 4.42 Å². The lowest BCUT2D eigenvalue weighted by molar-refractivity contribution is 0.582. The van der Waals surface area contributed by atoms with Gasteiger partial charge in [-0.05, 0) is 24.3 Å². The Morgan fingerprint density at radius 1 is 1.07 bits per heavy atom. The van der Waals surface area contributed by atoms with Gasteiger partial charge in [-0.25, -0.2) is 9.97 Å². The van der Waals surface area contributed by atoms with Crippen LogP contribution in [0.2, 0.25) is 0 Å². The number of nitrogens with zero attached hydrogens (tertiary/aromatic N) is 5. The Kier molecular flexibility index (Phi) is 5.46. The molecule has 0 amide bonds. The number of aromatic nitrogens is 4. The summed E-state index contributed by atoms with van der Waals surface area (Å²) < 4.78 is 5.77. The fourth-order valence-electron chi connectivity index (χ4n) is 2.89. The number of nitrogen functional groups attached to an aromatic ring is 1. The molecule has 7 nitrogen and oxygen atoms in total. The highest BCUT2D eigenvalue weighted by Gasteiger charge is 2.18. The van der Waals surface area contributed by atoms with Crippen LogP contribution in [0, 0.1) is 11.3 Å². The van der Waals surface area contributed by atoms with Crippen LogP contribution in [-0.2, 0) is 0 Å². The fraction of sp³-hybridized carbons (Fsp3) is 0.136. The van der Waals surface area contributed by atoms with Crippen molar-refractivity contribution in [3.8, 4) is 40.4 Å². The first-order chi connectivity index (χ1) is 14.5. The third kappa shape index (κ3) is 4.02. The normalized spacial score (nSPS) is 10.9. The molecule has 4 aromatic rings. The lowest BCUT2D eigenvalue weighted by Crippen LogP contribution is -2.00. The number of hydrogen-bond donors (Lipinski definition) is 1. The minimum atomic E-state index is 0.172. The average Bonchev–Trinajstić information content (AvgIpc) is 3.24. The van der Waals surface area contributed by atoms with Crippen molar-refractivity contribution in [3.63, 3.8) is 0 Å². The summed E-state index contributed by atoms with van der Waals surface area (Å²) in [5.41, 5.74) is 8.80.